The predicted molar refractivity (Wildman–Crippen MR) is 70.5 cm³/mol. The average molecular weight is 328 g/mol. The molecule has 0 spiro atoms. The topological polar surface area (TPSA) is 117 Å². The Kier molecular flexibility index (Phi) is 9.30. The maximum Gasteiger partial charge on any atom is 0.336 e. The molecule has 0 aliphatic carbocycles. The van der Waals surface area contributed by atoms with Crippen LogP contribution in [0.15, 0.2) is 54.6 Å². The number of ketones is 1. The van der Waals surface area contributed by atoms with E-state index < -0.39 is 5.97 Å². The van der Waals surface area contributed by atoms with Crippen LogP contribution in [0.5, 0.6) is 0 Å². The normalized spacial score (nSPS) is 8.40. The first-order chi connectivity index (χ1) is 8.20. The molecule has 0 aromatic heterocycles. The van der Waals surface area contributed by atoms with Gasteiger partial charge < -0.3 is 16.1 Å². The van der Waals surface area contributed by atoms with Crippen molar-refractivity contribution >= 4 is 11.8 Å². The van der Waals surface area contributed by atoms with Crippen molar-refractivity contribution in [3.05, 3.63) is 71.3 Å². The summed E-state index contributed by atoms with van der Waals surface area (Å²) in [5, 5.41) is 9.01. The zero-order valence-corrected chi connectivity index (χ0v) is 13.6. The molecule has 0 aliphatic rings. The van der Waals surface area contributed by atoms with Crippen LogP contribution in [0.4, 0.5) is 0 Å². The van der Waals surface area contributed by atoms with Crippen molar-refractivity contribution in [1.82, 2.24) is 0 Å². The number of benzene rings is 2. The summed E-state index contributed by atoms with van der Waals surface area (Å²) in [6, 6.07) is 14.8. The summed E-state index contributed by atoms with van der Waals surface area (Å²) in [5.41, 5.74) is 0.730. The van der Waals surface area contributed by atoms with E-state index in [4.69, 9.17) is 5.11 Å². The van der Waals surface area contributed by atoms with E-state index in [1.165, 1.54) is 12.1 Å². The van der Waals surface area contributed by atoms with Gasteiger partial charge in [0.1, 0.15) is 0 Å². The fourth-order valence-corrected chi connectivity index (χ4v) is 1.61. The summed E-state index contributed by atoms with van der Waals surface area (Å²) < 4.78 is 0. The van der Waals surface area contributed by atoms with Crippen LogP contribution in [0.3, 0.4) is 0 Å². The van der Waals surface area contributed by atoms with Crippen molar-refractivity contribution in [2.45, 2.75) is 0 Å². The fourth-order valence-electron chi connectivity index (χ4n) is 1.61. The van der Waals surface area contributed by atoms with Crippen molar-refractivity contribution in [2.75, 3.05) is 0 Å². The Balaban J connectivity index is 0. The van der Waals surface area contributed by atoms with Crippen molar-refractivity contribution in [3.63, 3.8) is 0 Å². The number of carbonyl (C=O) groups excluding carboxylic acids is 1. The van der Waals surface area contributed by atoms with E-state index >= 15 is 0 Å². The van der Waals surface area contributed by atoms with Gasteiger partial charge in [0.15, 0.2) is 5.78 Å². The predicted octanol–water partition coefficient (Wildman–Crippen LogP) is 0.964. The van der Waals surface area contributed by atoms with Crippen LogP contribution in [-0.4, -0.2) is 27.8 Å². The number of hydrogen-bond donors (Lipinski definition) is 1. The number of carboxylic acid groups (broad SMARTS) is 1. The van der Waals surface area contributed by atoms with Gasteiger partial charge in [-0.1, -0.05) is 48.5 Å². The van der Waals surface area contributed by atoms with Crippen molar-refractivity contribution in [3.8, 4) is 0 Å². The minimum atomic E-state index is -1.09. The van der Waals surface area contributed by atoms with Crippen LogP contribution in [0, 0.1) is 0 Å². The smallest absolute Gasteiger partial charge is 0.336 e. The molecule has 20 heavy (non-hydrogen) atoms. The minimum Gasteiger partial charge on any atom is -0.478 e. The molecule has 0 bridgehead atoms. The van der Waals surface area contributed by atoms with E-state index in [1.54, 1.807) is 42.5 Å². The third-order valence-electron chi connectivity index (χ3n) is 2.44. The second-order valence-corrected chi connectivity index (χ2v) is 3.55. The summed E-state index contributed by atoms with van der Waals surface area (Å²) in [4.78, 5) is 23.1. The van der Waals surface area contributed by atoms with Crippen molar-refractivity contribution < 1.29 is 45.1 Å². The van der Waals surface area contributed by atoms with Crippen LogP contribution in [0.1, 0.15) is 26.3 Å². The quantitative estimate of drug-likeness (QED) is 0.668. The maximum absolute atomic E-state index is 12.1. The molecule has 2 rings (SSSR count). The van der Waals surface area contributed by atoms with E-state index in [0.717, 1.165) is 0 Å². The van der Waals surface area contributed by atoms with Crippen LogP contribution in [-0.2, 0) is 19.5 Å². The number of rotatable bonds is 3. The number of carboxylic acids is 1. The Hall–Kier alpha value is -1.88. The Bertz CT molecular complexity index is 569. The first kappa shape index (κ1) is 20.4. The Morgan fingerprint density at radius 1 is 0.750 bits per heavy atom. The summed E-state index contributed by atoms with van der Waals surface area (Å²) in [6.45, 7) is 0. The zero-order valence-electron chi connectivity index (χ0n) is 10.7. The Morgan fingerprint density at radius 3 is 1.70 bits per heavy atom. The van der Waals surface area contributed by atoms with Crippen LogP contribution in [0.25, 0.3) is 0 Å². The van der Waals surface area contributed by atoms with Gasteiger partial charge in [0.2, 0.25) is 0 Å². The second kappa shape index (κ2) is 9.09. The van der Waals surface area contributed by atoms with Crippen molar-refractivity contribution in [1.29, 1.82) is 0 Å². The van der Waals surface area contributed by atoms with E-state index in [0.29, 0.717) is 5.56 Å². The molecule has 0 aliphatic heterocycles. The van der Waals surface area contributed by atoms with Gasteiger partial charge in [-0.25, -0.2) is 4.79 Å². The van der Waals surface area contributed by atoms with E-state index in [1.807, 2.05) is 0 Å². The summed E-state index contributed by atoms with van der Waals surface area (Å²) in [6.07, 6.45) is 0. The first-order valence-electron chi connectivity index (χ1n) is 5.12. The Morgan fingerprint density at radius 2 is 1.20 bits per heavy atom. The molecule has 6 heteroatoms. The molecule has 0 unspecified atom stereocenters. The molecule has 102 valence electrons. The molecule has 0 saturated carbocycles. The molecule has 0 radical (unpaired) electrons. The molecular weight excluding hydrogens is 314 g/mol. The maximum atomic E-state index is 12.1. The number of aromatic carboxylic acids is 1. The minimum absolute atomic E-state index is 0. The van der Waals surface area contributed by atoms with Gasteiger partial charge in [-0.05, 0) is 6.07 Å². The van der Waals surface area contributed by atoms with Gasteiger partial charge in [-0.15, -0.1) is 0 Å². The van der Waals surface area contributed by atoms with Gasteiger partial charge in [0.25, 0.3) is 0 Å². The van der Waals surface area contributed by atoms with Crippen LogP contribution in [0.2, 0.25) is 0 Å². The standard InChI is InChI=1S/C14H10O3.2H2O.Zn/c15-13(10-6-2-1-3-7-10)11-8-4-5-9-12(11)14(16)17;;;/h1-9H,(H,16,17);2*1H2;. The molecular formula is C14H14O5Zn. The van der Waals surface area contributed by atoms with Crippen LogP contribution >= 0.6 is 0 Å². The third-order valence-corrected chi connectivity index (χ3v) is 2.44. The molecule has 0 atom stereocenters. The second-order valence-electron chi connectivity index (χ2n) is 3.55. The number of carbonyl (C=O) groups is 2. The van der Waals surface area contributed by atoms with E-state index in [2.05, 4.69) is 0 Å². The molecule has 2 aromatic rings. The monoisotopic (exact) mass is 326 g/mol. The number of hydrogen-bond acceptors (Lipinski definition) is 2. The van der Waals surface area contributed by atoms with Gasteiger partial charge >= 0.3 is 5.97 Å². The third kappa shape index (κ3) is 4.35. The van der Waals surface area contributed by atoms with Crippen LogP contribution < -0.4 is 0 Å². The molecule has 0 saturated heterocycles. The summed E-state index contributed by atoms with van der Waals surface area (Å²) >= 11 is 0. The summed E-state index contributed by atoms with van der Waals surface area (Å²) in [5.74, 6) is -1.37. The zero-order chi connectivity index (χ0) is 12.3. The molecule has 5 nitrogen and oxygen atoms in total. The SMILES string of the molecule is O.O.O=C(O)c1ccccc1C(=O)c1ccccc1.[Zn]. The van der Waals surface area contributed by atoms with Gasteiger partial charge in [-0.2, -0.15) is 0 Å². The molecule has 0 amide bonds. The molecule has 2 aromatic carbocycles. The molecule has 0 heterocycles. The molecule has 5 N–H and O–H groups in total. The van der Waals surface area contributed by atoms with E-state index in [9.17, 15) is 9.59 Å². The first-order valence-corrected chi connectivity index (χ1v) is 5.12. The van der Waals surface area contributed by atoms with Crippen molar-refractivity contribution in [2.24, 2.45) is 0 Å². The summed E-state index contributed by atoms with van der Waals surface area (Å²) in [7, 11) is 0. The van der Waals surface area contributed by atoms with Gasteiger partial charge in [-0.3, -0.25) is 4.79 Å². The van der Waals surface area contributed by atoms with E-state index in [-0.39, 0.29) is 47.3 Å². The van der Waals surface area contributed by atoms with Gasteiger partial charge in [0.05, 0.1) is 5.56 Å². The largest absolute Gasteiger partial charge is 0.478 e. The fraction of sp³-hybridized carbons (Fsp3) is 0. The average Bonchev–Trinajstić information content (AvgIpc) is 2.39. The molecule has 0 fully saturated rings. The van der Waals surface area contributed by atoms with Gasteiger partial charge in [0, 0.05) is 30.6 Å². The Labute approximate surface area is 128 Å².